The van der Waals surface area contributed by atoms with Gasteiger partial charge in [-0.05, 0) is 80.7 Å². The summed E-state index contributed by atoms with van der Waals surface area (Å²) < 4.78 is 2.63. The summed E-state index contributed by atoms with van der Waals surface area (Å²) in [7, 11) is 0. The Morgan fingerprint density at radius 3 is 1.90 bits per heavy atom. The van der Waals surface area contributed by atoms with Crippen LogP contribution in [0.25, 0.3) is 64.3 Å². The van der Waals surface area contributed by atoms with Crippen LogP contribution in [0.15, 0.2) is 176 Å². The number of para-hydroxylation sites is 1. The topological polar surface area (TPSA) is 3.24 Å². The van der Waals surface area contributed by atoms with Crippen LogP contribution in [0.3, 0.4) is 0 Å². The number of fused-ring (bicyclic) bond motifs is 7. The van der Waals surface area contributed by atoms with Gasteiger partial charge in [0.2, 0.25) is 0 Å². The number of nitrogens with zero attached hydrogens (tertiary/aromatic N) is 1. The molecule has 0 saturated carbocycles. The van der Waals surface area contributed by atoms with E-state index in [1.165, 1.54) is 75.5 Å². The van der Waals surface area contributed by atoms with E-state index in [2.05, 4.69) is 195 Å². The summed E-state index contributed by atoms with van der Waals surface area (Å²) in [5.41, 5.74) is 13.9. The first kappa shape index (κ1) is 29.9. The van der Waals surface area contributed by atoms with Crippen LogP contribution in [0.2, 0.25) is 0 Å². The monoisotopic (exact) mass is 669 g/mol. The highest BCUT2D eigenvalue weighted by Gasteiger charge is 2.36. The van der Waals surface area contributed by atoms with Crippen molar-refractivity contribution in [1.82, 2.24) is 0 Å². The van der Waals surface area contributed by atoms with E-state index in [1.807, 2.05) is 11.3 Å². The number of rotatable bonds is 5. The summed E-state index contributed by atoms with van der Waals surface area (Å²) in [6.45, 7) is 4.70. The number of benzene rings is 8. The van der Waals surface area contributed by atoms with Crippen molar-refractivity contribution in [2.24, 2.45) is 0 Å². The van der Waals surface area contributed by atoms with Crippen molar-refractivity contribution in [1.29, 1.82) is 0 Å². The van der Waals surface area contributed by atoms with Gasteiger partial charge < -0.3 is 4.90 Å². The molecule has 9 aromatic rings. The third-order valence-electron chi connectivity index (χ3n) is 10.9. The highest BCUT2D eigenvalue weighted by molar-refractivity contribution is 7.25. The molecule has 0 amide bonds. The lowest BCUT2D eigenvalue weighted by Gasteiger charge is -2.29. The molecule has 0 aliphatic heterocycles. The molecule has 0 radical (unpaired) electrons. The largest absolute Gasteiger partial charge is 0.309 e. The highest BCUT2D eigenvalue weighted by Crippen LogP contribution is 2.52. The molecule has 0 unspecified atom stereocenters. The second-order valence-electron chi connectivity index (χ2n) is 14.1. The molecule has 1 aromatic heterocycles. The number of thiophene rings is 1. The van der Waals surface area contributed by atoms with E-state index >= 15 is 0 Å². The molecular weight excluding hydrogens is 635 g/mol. The van der Waals surface area contributed by atoms with Crippen LogP contribution in [0.1, 0.15) is 25.0 Å². The van der Waals surface area contributed by atoms with Gasteiger partial charge in [0.05, 0.1) is 11.4 Å². The van der Waals surface area contributed by atoms with Crippen molar-refractivity contribution >= 4 is 59.3 Å². The molecule has 242 valence electrons. The van der Waals surface area contributed by atoms with Gasteiger partial charge in [-0.2, -0.15) is 0 Å². The van der Waals surface area contributed by atoms with Crippen molar-refractivity contribution in [2.45, 2.75) is 19.3 Å². The fourth-order valence-electron chi connectivity index (χ4n) is 8.49. The molecule has 0 bridgehead atoms. The summed E-state index contributed by atoms with van der Waals surface area (Å²) in [5, 5.41) is 5.07. The van der Waals surface area contributed by atoms with E-state index in [9.17, 15) is 0 Å². The molecule has 0 N–H and O–H groups in total. The molecule has 0 fully saturated rings. The lowest BCUT2D eigenvalue weighted by molar-refractivity contribution is 0.660. The van der Waals surface area contributed by atoms with E-state index in [1.54, 1.807) is 0 Å². The van der Waals surface area contributed by atoms with Gasteiger partial charge in [0, 0.05) is 42.2 Å². The van der Waals surface area contributed by atoms with E-state index in [4.69, 9.17) is 0 Å². The van der Waals surface area contributed by atoms with E-state index in [0.29, 0.717) is 0 Å². The van der Waals surface area contributed by atoms with Crippen LogP contribution in [0, 0.1) is 0 Å². The first-order chi connectivity index (χ1) is 25.1. The fraction of sp³-hybridized carbons (Fsp3) is 0.0612. The molecule has 1 aliphatic carbocycles. The van der Waals surface area contributed by atoms with Crippen molar-refractivity contribution < 1.29 is 0 Å². The van der Waals surface area contributed by atoms with Crippen molar-refractivity contribution in [3.8, 4) is 33.4 Å². The zero-order valence-corrected chi connectivity index (χ0v) is 29.4. The molecule has 51 heavy (non-hydrogen) atoms. The Labute approximate surface area is 302 Å². The first-order valence-corrected chi connectivity index (χ1v) is 18.5. The van der Waals surface area contributed by atoms with E-state index in [-0.39, 0.29) is 5.41 Å². The van der Waals surface area contributed by atoms with Gasteiger partial charge in [0.15, 0.2) is 0 Å². The lowest BCUT2D eigenvalue weighted by atomic mass is 9.82. The second-order valence-corrected chi connectivity index (χ2v) is 15.2. The third-order valence-corrected chi connectivity index (χ3v) is 12.0. The summed E-state index contributed by atoms with van der Waals surface area (Å²) in [4.78, 5) is 2.46. The zero-order valence-electron chi connectivity index (χ0n) is 28.6. The van der Waals surface area contributed by atoms with Gasteiger partial charge in [-0.15, -0.1) is 11.3 Å². The first-order valence-electron chi connectivity index (χ1n) is 17.7. The minimum absolute atomic E-state index is 0.0343. The Kier molecular flexibility index (Phi) is 6.78. The lowest BCUT2D eigenvalue weighted by Crippen LogP contribution is -2.14. The Morgan fingerprint density at radius 2 is 1.02 bits per heavy atom. The van der Waals surface area contributed by atoms with Crippen molar-refractivity contribution in [2.75, 3.05) is 4.90 Å². The minimum Gasteiger partial charge on any atom is -0.309 e. The molecule has 1 nitrogen and oxygen atoms in total. The highest BCUT2D eigenvalue weighted by atomic mass is 32.1. The zero-order chi connectivity index (χ0) is 34.1. The average Bonchev–Trinajstić information content (AvgIpc) is 3.68. The number of anilines is 3. The standard InChI is InChI=1S/C49H35NS/c1-49(2)41-22-8-5-18-39(41)47-36(20-12-23-42(47)49)33-28-30-34(31-29-33)50(43-25-11-15-32-14-3-4-16-35(32)43)44-24-9-6-17-37(44)38-21-13-27-46-48(38)40-19-7-10-26-45(40)51-46/h3-31H,1-2H3. The predicted molar refractivity (Wildman–Crippen MR) is 220 cm³/mol. The van der Waals surface area contributed by atoms with Gasteiger partial charge in [-0.1, -0.05) is 153 Å². The smallest absolute Gasteiger partial charge is 0.0540 e. The molecule has 0 saturated heterocycles. The van der Waals surface area contributed by atoms with Crippen LogP contribution in [0.5, 0.6) is 0 Å². The maximum Gasteiger partial charge on any atom is 0.0540 e. The summed E-state index contributed by atoms with van der Waals surface area (Å²) in [5.74, 6) is 0. The van der Waals surface area contributed by atoms with Crippen LogP contribution in [-0.4, -0.2) is 0 Å². The van der Waals surface area contributed by atoms with Gasteiger partial charge in [-0.25, -0.2) is 0 Å². The summed E-state index contributed by atoms with van der Waals surface area (Å²) >= 11 is 1.87. The Hall–Kier alpha value is -5.96. The van der Waals surface area contributed by atoms with Crippen LogP contribution >= 0.6 is 11.3 Å². The molecule has 0 spiro atoms. The molecule has 10 rings (SSSR count). The quantitative estimate of drug-likeness (QED) is 0.176. The number of hydrogen-bond acceptors (Lipinski definition) is 2. The Bertz CT molecular complexity index is 2780. The van der Waals surface area contributed by atoms with Crippen LogP contribution in [0.4, 0.5) is 17.1 Å². The van der Waals surface area contributed by atoms with E-state index < -0.39 is 0 Å². The summed E-state index contributed by atoms with van der Waals surface area (Å²) in [6.07, 6.45) is 0. The normalized spacial score (nSPS) is 13.1. The molecule has 1 heterocycles. The molecule has 8 aromatic carbocycles. The third kappa shape index (κ3) is 4.60. The minimum atomic E-state index is -0.0343. The van der Waals surface area contributed by atoms with Crippen molar-refractivity contribution in [3.05, 3.63) is 187 Å². The van der Waals surface area contributed by atoms with Gasteiger partial charge in [-0.3, -0.25) is 0 Å². The van der Waals surface area contributed by atoms with Crippen LogP contribution in [-0.2, 0) is 5.41 Å². The average molecular weight is 670 g/mol. The predicted octanol–water partition coefficient (Wildman–Crippen LogP) is 14.3. The second kappa shape index (κ2) is 11.6. The Morgan fingerprint density at radius 1 is 0.431 bits per heavy atom. The molecule has 1 aliphatic rings. The van der Waals surface area contributed by atoms with Gasteiger partial charge in [0.25, 0.3) is 0 Å². The maximum absolute atomic E-state index is 2.46. The Balaban J connectivity index is 1.18. The maximum atomic E-state index is 2.46. The van der Waals surface area contributed by atoms with Crippen LogP contribution < -0.4 is 4.90 Å². The summed E-state index contributed by atoms with van der Waals surface area (Å²) in [6, 6.07) is 64.8. The van der Waals surface area contributed by atoms with Crippen molar-refractivity contribution in [3.63, 3.8) is 0 Å². The molecular formula is C49H35NS. The number of hydrogen-bond donors (Lipinski definition) is 0. The SMILES string of the molecule is CC1(C)c2ccccc2-c2c(-c3ccc(N(c4ccccc4-c4cccc5sc6ccccc6c45)c4cccc5ccccc45)cc3)cccc21. The molecule has 2 heteroatoms. The fourth-order valence-corrected chi connectivity index (χ4v) is 9.62. The molecule has 0 atom stereocenters. The van der Waals surface area contributed by atoms with Gasteiger partial charge >= 0.3 is 0 Å². The van der Waals surface area contributed by atoms with Gasteiger partial charge in [0.1, 0.15) is 0 Å². The van der Waals surface area contributed by atoms with E-state index in [0.717, 1.165) is 17.1 Å².